The van der Waals surface area contributed by atoms with Crippen molar-refractivity contribution < 1.29 is 0 Å². The van der Waals surface area contributed by atoms with Crippen LogP contribution in [0.1, 0.15) is 144 Å². The largest absolute Gasteiger partial charge is 0.115 e. The number of unbranched alkanes of at least 4 members (excludes halogenated alkanes) is 12. The maximum Gasteiger partial charge on any atom is 0.115 e. The van der Waals surface area contributed by atoms with Crippen molar-refractivity contribution in [1.29, 1.82) is 0 Å². The van der Waals surface area contributed by atoms with Gasteiger partial charge in [-0.15, -0.1) is 23.5 Å². The molecule has 0 nitrogen and oxygen atoms in total. The highest BCUT2D eigenvalue weighted by Crippen LogP contribution is 2.43. The second kappa shape index (κ2) is 20.7. The summed E-state index contributed by atoms with van der Waals surface area (Å²) >= 11 is 15.1. The Morgan fingerprint density at radius 1 is 0.500 bits per heavy atom. The van der Waals surface area contributed by atoms with Gasteiger partial charge in [0.1, 0.15) is 7.06 Å². The standard InChI is InChI=1S/C26H50S6/c1-7-9-11-13-15-17-19-21-25(3,4)29-23(27)31-32-24(28)30-26(5,6)22-20-18-16-14-12-10-8-2/h7-22H2,1-6H3. The van der Waals surface area contributed by atoms with E-state index in [0.717, 1.165) is 7.06 Å². The molecule has 190 valence electrons. The molecule has 0 spiro atoms. The zero-order valence-electron chi connectivity index (χ0n) is 21.8. The van der Waals surface area contributed by atoms with Crippen molar-refractivity contribution in [2.24, 2.45) is 0 Å². The molecule has 0 unspecified atom stereocenters. The second-order valence-electron chi connectivity index (χ2n) is 10.1. The maximum atomic E-state index is 5.68. The summed E-state index contributed by atoms with van der Waals surface area (Å²) in [5, 5.41) is 0. The molecule has 0 aromatic carbocycles. The van der Waals surface area contributed by atoms with Crippen LogP contribution in [0.15, 0.2) is 0 Å². The van der Waals surface area contributed by atoms with Crippen molar-refractivity contribution in [1.82, 2.24) is 0 Å². The van der Waals surface area contributed by atoms with Gasteiger partial charge in [0.15, 0.2) is 0 Å². The quantitative estimate of drug-likeness (QED) is 0.0931. The zero-order chi connectivity index (χ0) is 24.3. The highest BCUT2D eigenvalue weighted by molar-refractivity contribution is 8.96. The molecule has 0 atom stereocenters. The molecule has 0 rings (SSSR count). The molecule has 0 fully saturated rings. The summed E-state index contributed by atoms with van der Waals surface area (Å²) in [6, 6.07) is 0. The molecule has 0 heterocycles. The number of thioether (sulfide) groups is 2. The lowest BCUT2D eigenvalue weighted by molar-refractivity contribution is 0.537. The Morgan fingerprint density at radius 2 is 0.781 bits per heavy atom. The smallest absolute Gasteiger partial charge is 0.101 e. The fourth-order valence-electron chi connectivity index (χ4n) is 3.67. The molecule has 0 aliphatic rings. The zero-order valence-corrected chi connectivity index (χ0v) is 26.7. The summed E-state index contributed by atoms with van der Waals surface area (Å²) in [6.07, 6.45) is 21.6. The SMILES string of the molecule is CCCCCCCCCC(C)(C)SC(=S)SSC(=S)SC(C)(C)CCCCCCCCC. The van der Waals surface area contributed by atoms with Gasteiger partial charge in [-0.25, -0.2) is 0 Å². The first kappa shape index (κ1) is 33.6. The van der Waals surface area contributed by atoms with Crippen LogP contribution in [-0.4, -0.2) is 16.6 Å². The highest BCUT2D eigenvalue weighted by atomic mass is 33.1. The van der Waals surface area contributed by atoms with Gasteiger partial charge in [0, 0.05) is 9.49 Å². The van der Waals surface area contributed by atoms with Crippen LogP contribution >= 0.6 is 69.5 Å². The summed E-state index contributed by atoms with van der Waals surface area (Å²) < 4.78 is 2.49. The molecular weight excluding hydrogens is 505 g/mol. The lowest BCUT2D eigenvalue weighted by atomic mass is 10.0. The number of rotatable bonds is 18. The van der Waals surface area contributed by atoms with Gasteiger partial charge in [0.25, 0.3) is 0 Å². The predicted octanol–water partition coefficient (Wildman–Crippen LogP) is 12.2. The van der Waals surface area contributed by atoms with Crippen LogP contribution in [0.2, 0.25) is 0 Å². The van der Waals surface area contributed by atoms with Crippen LogP contribution in [0.5, 0.6) is 0 Å². The van der Waals surface area contributed by atoms with E-state index in [4.69, 9.17) is 24.4 Å². The monoisotopic (exact) mass is 554 g/mol. The molecular formula is C26H50S6. The Kier molecular flexibility index (Phi) is 21.8. The van der Waals surface area contributed by atoms with E-state index in [1.165, 1.54) is 103 Å². The molecule has 0 N–H and O–H groups in total. The normalized spacial score (nSPS) is 12.3. The Morgan fingerprint density at radius 3 is 1.09 bits per heavy atom. The van der Waals surface area contributed by atoms with Gasteiger partial charge in [-0.3, -0.25) is 0 Å². The molecule has 6 heteroatoms. The van der Waals surface area contributed by atoms with Crippen molar-refractivity contribution in [2.45, 2.75) is 154 Å². The summed E-state index contributed by atoms with van der Waals surface area (Å²) in [5.74, 6) is 0. The summed E-state index contributed by atoms with van der Waals surface area (Å²) in [4.78, 5) is 0. The van der Waals surface area contributed by atoms with E-state index >= 15 is 0 Å². The Hall–Kier alpha value is 1.58. The van der Waals surface area contributed by atoms with Crippen LogP contribution in [0.25, 0.3) is 0 Å². The Balaban J connectivity index is 3.96. The predicted molar refractivity (Wildman–Crippen MR) is 169 cm³/mol. The first-order valence-electron chi connectivity index (χ1n) is 12.9. The van der Waals surface area contributed by atoms with Crippen LogP contribution in [0.3, 0.4) is 0 Å². The summed E-state index contributed by atoms with van der Waals surface area (Å²) in [6.45, 7) is 13.9. The molecule has 0 saturated carbocycles. The molecule has 0 radical (unpaired) electrons. The number of hydrogen-bond donors (Lipinski definition) is 0. The van der Waals surface area contributed by atoms with Crippen LogP contribution in [-0.2, 0) is 0 Å². The van der Waals surface area contributed by atoms with E-state index in [2.05, 4.69) is 41.5 Å². The first-order chi connectivity index (χ1) is 15.1. The Bertz CT molecular complexity index is 443. The van der Waals surface area contributed by atoms with Crippen molar-refractivity contribution >= 4 is 76.6 Å². The van der Waals surface area contributed by atoms with Gasteiger partial charge in [-0.2, -0.15) is 0 Å². The van der Waals surface area contributed by atoms with Gasteiger partial charge >= 0.3 is 0 Å². The van der Waals surface area contributed by atoms with Gasteiger partial charge < -0.3 is 0 Å². The maximum absolute atomic E-state index is 5.68. The third kappa shape index (κ3) is 22.1. The fraction of sp³-hybridized carbons (Fsp3) is 0.923. The Labute approximate surface area is 228 Å². The van der Waals surface area contributed by atoms with Gasteiger partial charge in [0.2, 0.25) is 0 Å². The number of thiocarbonyl (C=S) groups is 2. The summed E-state index contributed by atoms with van der Waals surface area (Å²) in [5.41, 5.74) is 0. The van der Waals surface area contributed by atoms with E-state index in [1.807, 2.05) is 23.5 Å². The molecule has 0 saturated heterocycles. The molecule has 0 aromatic rings. The lowest BCUT2D eigenvalue weighted by Gasteiger charge is -2.25. The van der Waals surface area contributed by atoms with Gasteiger partial charge in [0.05, 0.1) is 0 Å². The molecule has 32 heavy (non-hydrogen) atoms. The first-order valence-corrected chi connectivity index (χ1v) is 17.5. The minimum atomic E-state index is 0.221. The number of hydrogen-bond acceptors (Lipinski definition) is 6. The van der Waals surface area contributed by atoms with Crippen molar-refractivity contribution in [3.8, 4) is 0 Å². The minimum Gasteiger partial charge on any atom is -0.101 e. The van der Waals surface area contributed by atoms with E-state index in [0.29, 0.717) is 0 Å². The second-order valence-corrected chi connectivity index (χ2v) is 18.1. The minimum absolute atomic E-state index is 0.221. The third-order valence-electron chi connectivity index (χ3n) is 5.66. The van der Waals surface area contributed by atoms with Gasteiger partial charge in [-0.05, 0) is 34.4 Å². The molecule has 0 aliphatic carbocycles. The molecule has 0 amide bonds. The van der Waals surface area contributed by atoms with E-state index < -0.39 is 0 Å². The lowest BCUT2D eigenvalue weighted by Crippen LogP contribution is -2.16. The summed E-state index contributed by atoms with van der Waals surface area (Å²) in [7, 11) is 3.39. The van der Waals surface area contributed by atoms with Gasteiger partial charge in [-0.1, -0.05) is 156 Å². The fourth-order valence-corrected chi connectivity index (χ4v) is 10.4. The van der Waals surface area contributed by atoms with Crippen molar-refractivity contribution in [2.75, 3.05) is 0 Å². The average molecular weight is 555 g/mol. The van der Waals surface area contributed by atoms with E-state index in [1.54, 1.807) is 21.6 Å². The van der Waals surface area contributed by atoms with Crippen LogP contribution < -0.4 is 0 Å². The van der Waals surface area contributed by atoms with E-state index in [-0.39, 0.29) is 9.49 Å². The molecule has 0 aromatic heterocycles. The van der Waals surface area contributed by atoms with Crippen LogP contribution in [0.4, 0.5) is 0 Å². The van der Waals surface area contributed by atoms with Crippen LogP contribution in [0, 0.1) is 0 Å². The molecule has 0 aliphatic heterocycles. The third-order valence-corrected chi connectivity index (χ3v) is 12.4. The van der Waals surface area contributed by atoms with Crippen molar-refractivity contribution in [3.63, 3.8) is 0 Å². The van der Waals surface area contributed by atoms with Crippen molar-refractivity contribution in [3.05, 3.63) is 0 Å². The van der Waals surface area contributed by atoms with E-state index in [9.17, 15) is 0 Å². The highest BCUT2D eigenvalue weighted by Gasteiger charge is 2.23. The molecule has 0 bridgehead atoms. The topological polar surface area (TPSA) is 0 Å². The average Bonchev–Trinajstić information content (AvgIpc) is 2.70.